The topological polar surface area (TPSA) is 15.3 Å². The van der Waals surface area contributed by atoms with Gasteiger partial charge in [0.2, 0.25) is 0 Å². The highest BCUT2D eigenvalue weighted by atomic mass is 15.2. The molecule has 0 aliphatic carbocycles. The zero-order valence-electron chi connectivity index (χ0n) is 10.1. The Morgan fingerprint density at radius 2 is 2.29 bits per heavy atom. The summed E-state index contributed by atoms with van der Waals surface area (Å²) >= 11 is 0. The van der Waals surface area contributed by atoms with Crippen molar-refractivity contribution in [2.24, 2.45) is 5.92 Å². The summed E-state index contributed by atoms with van der Waals surface area (Å²) < 4.78 is 0. The molecule has 0 amide bonds. The van der Waals surface area contributed by atoms with Crippen LogP contribution in [0.2, 0.25) is 0 Å². The molecule has 0 saturated carbocycles. The second-order valence-electron chi connectivity index (χ2n) is 4.80. The lowest BCUT2D eigenvalue weighted by Crippen LogP contribution is -2.39. The van der Waals surface area contributed by atoms with Gasteiger partial charge in [0.15, 0.2) is 0 Å². The molecule has 1 fully saturated rings. The smallest absolute Gasteiger partial charge is 0.0192 e. The molecule has 2 atom stereocenters. The van der Waals surface area contributed by atoms with Crippen LogP contribution in [0.15, 0.2) is 0 Å². The highest BCUT2D eigenvalue weighted by Gasteiger charge is 2.22. The van der Waals surface area contributed by atoms with Gasteiger partial charge in [0.25, 0.3) is 0 Å². The largest absolute Gasteiger partial charge is 0.315 e. The number of nitrogens with one attached hydrogen (secondary N) is 1. The van der Waals surface area contributed by atoms with Crippen molar-refractivity contribution in [3.05, 3.63) is 0 Å². The van der Waals surface area contributed by atoms with Crippen LogP contribution in [-0.2, 0) is 0 Å². The van der Waals surface area contributed by atoms with Gasteiger partial charge >= 0.3 is 0 Å². The van der Waals surface area contributed by atoms with E-state index >= 15 is 0 Å². The van der Waals surface area contributed by atoms with Crippen LogP contribution >= 0.6 is 0 Å². The molecule has 0 aromatic carbocycles. The van der Waals surface area contributed by atoms with Gasteiger partial charge in [-0.1, -0.05) is 20.3 Å². The van der Waals surface area contributed by atoms with Crippen molar-refractivity contribution in [2.45, 2.75) is 46.1 Å². The van der Waals surface area contributed by atoms with Gasteiger partial charge in [0.1, 0.15) is 0 Å². The van der Waals surface area contributed by atoms with Crippen molar-refractivity contribution in [1.82, 2.24) is 10.2 Å². The lowest BCUT2D eigenvalue weighted by Gasteiger charge is -2.24. The zero-order valence-corrected chi connectivity index (χ0v) is 10.1. The molecule has 0 aromatic heterocycles. The van der Waals surface area contributed by atoms with Crippen molar-refractivity contribution in [3.63, 3.8) is 0 Å². The molecule has 1 N–H and O–H groups in total. The average molecular weight is 198 g/mol. The van der Waals surface area contributed by atoms with E-state index in [-0.39, 0.29) is 0 Å². The maximum atomic E-state index is 3.54. The van der Waals surface area contributed by atoms with E-state index in [0.29, 0.717) is 0 Å². The Morgan fingerprint density at radius 3 is 2.86 bits per heavy atom. The molecule has 1 saturated heterocycles. The van der Waals surface area contributed by atoms with Crippen molar-refractivity contribution >= 4 is 0 Å². The Kier molecular flexibility index (Phi) is 5.49. The molecule has 1 aliphatic rings. The minimum Gasteiger partial charge on any atom is -0.315 e. The molecule has 1 heterocycles. The lowest BCUT2D eigenvalue weighted by atomic mass is 10.2. The normalized spacial score (nSPS) is 25.5. The molecule has 1 aliphatic heterocycles. The molecule has 84 valence electrons. The van der Waals surface area contributed by atoms with E-state index < -0.39 is 0 Å². The Labute approximate surface area is 89.1 Å². The minimum atomic E-state index is 0.719. The summed E-state index contributed by atoms with van der Waals surface area (Å²) in [5.41, 5.74) is 0. The standard InChI is InChI=1S/C12H26N2/c1-4-5-7-13-9-12(3)14-8-6-11(2)10-14/h11-13H,4-10H2,1-3H3. The van der Waals surface area contributed by atoms with Gasteiger partial charge in [-0.25, -0.2) is 0 Å². The molecule has 0 aromatic rings. The second kappa shape index (κ2) is 6.41. The van der Waals surface area contributed by atoms with Crippen LogP contribution in [0.3, 0.4) is 0 Å². The summed E-state index contributed by atoms with van der Waals surface area (Å²) in [7, 11) is 0. The molecule has 2 unspecified atom stereocenters. The van der Waals surface area contributed by atoms with E-state index in [9.17, 15) is 0 Å². The molecule has 2 nitrogen and oxygen atoms in total. The molecule has 0 bridgehead atoms. The van der Waals surface area contributed by atoms with E-state index in [1.807, 2.05) is 0 Å². The monoisotopic (exact) mass is 198 g/mol. The third kappa shape index (κ3) is 3.97. The molecule has 2 heteroatoms. The number of hydrogen-bond acceptors (Lipinski definition) is 2. The van der Waals surface area contributed by atoms with Crippen LogP contribution in [0.4, 0.5) is 0 Å². The third-order valence-corrected chi connectivity index (χ3v) is 3.23. The fourth-order valence-electron chi connectivity index (χ4n) is 2.11. The van der Waals surface area contributed by atoms with Gasteiger partial charge in [-0.05, 0) is 38.8 Å². The van der Waals surface area contributed by atoms with Gasteiger partial charge in [-0.2, -0.15) is 0 Å². The number of unbranched alkanes of at least 4 members (excludes halogenated alkanes) is 1. The first-order valence-corrected chi connectivity index (χ1v) is 6.18. The van der Waals surface area contributed by atoms with E-state index in [0.717, 1.165) is 18.5 Å². The fraction of sp³-hybridized carbons (Fsp3) is 1.00. The van der Waals surface area contributed by atoms with Gasteiger partial charge in [-0.15, -0.1) is 0 Å². The number of rotatable bonds is 6. The first-order valence-electron chi connectivity index (χ1n) is 6.18. The van der Waals surface area contributed by atoms with Crippen LogP contribution in [0.25, 0.3) is 0 Å². The van der Waals surface area contributed by atoms with Crippen molar-refractivity contribution in [3.8, 4) is 0 Å². The van der Waals surface area contributed by atoms with Gasteiger partial charge in [-0.3, -0.25) is 4.90 Å². The molecule has 14 heavy (non-hydrogen) atoms. The summed E-state index contributed by atoms with van der Waals surface area (Å²) in [5, 5.41) is 3.54. The predicted octanol–water partition coefficient (Wildman–Crippen LogP) is 2.11. The molecular weight excluding hydrogens is 172 g/mol. The Morgan fingerprint density at radius 1 is 1.50 bits per heavy atom. The Balaban J connectivity index is 2.06. The minimum absolute atomic E-state index is 0.719. The summed E-state index contributed by atoms with van der Waals surface area (Å²) in [5.74, 6) is 0.910. The lowest BCUT2D eigenvalue weighted by molar-refractivity contribution is 0.245. The third-order valence-electron chi connectivity index (χ3n) is 3.23. The summed E-state index contributed by atoms with van der Waals surface area (Å²) in [6, 6.07) is 0.719. The summed E-state index contributed by atoms with van der Waals surface area (Å²) in [6.07, 6.45) is 3.99. The van der Waals surface area contributed by atoms with Crippen LogP contribution < -0.4 is 5.32 Å². The molecule has 0 spiro atoms. The first kappa shape index (κ1) is 12.0. The average Bonchev–Trinajstić information content (AvgIpc) is 2.59. The van der Waals surface area contributed by atoms with Crippen molar-refractivity contribution < 1.29 is 0 Å². The number of nitrogens with zero attached hydrogens (tertiary/aromatic N) is 1. The number of hydrogen-bond donors (Lipinski definition) is 1. The van der Waals surface area contributed by atoms with Crippen molar-refractivity contribution in [2.75, 3.05) is 26.2 Å². The molecule has 0 radical (unpaired) electrons. The van der Waals surface area contributed by atoms with Crippen LogP contribution in [0.5, 0.6) is 0 Å². The highest BCUT2D eigenvalue weighted by molar-refractivity contribution is 4.78. The van der Waals surface area contributed by atoms with E-state index in [4.69, 9.17) is 0 Å². The SMILES string of the molecule is CCCCNCC(C)N1CCC(C)C1. The summed E-state index contributed by atoms with van der Waals surface area (Å²) in [4.78, 5) is 2.61. The molecule has 1 rings (SSSR count). The van der Waals surface area contributed by atoms with Crippen molar-refractivity contribution in [1.29, 1.82) is 0 Å². The first-order chi connectivity index (χ1) is 6.74. The van der Waals surface area contributed by atoms with Crippen LogP contribution in [0, 0.1) is 5.92 Å². The number of likely N-dealkylation sites (tertiary alicyclic amines) is 1. The van der Waals surface area contributed by atoms with Gasteiger partial charge in [0, 0.05) is 19.1 Å². The predicted molar refractivity (Wildman–Crippen MR) is 62.6 cm³/mol. The maximum Gasteiger partial charge on any atom is 0.0192 e. The zero-order chi connectivity index (χ0) is 10.4. The van der Waals surface area contributed by atoms with Gasteiger partial charge in [0.05, 0.1) is 0 Å². The van der Waals surface area contributed by atoms with E-state index in [1.165, 1.54) is 38.9 Å². The second-order valence-corrected chi connectivity index (χ2v) is 4.80. The van der Waals surface area contributed by atoms with Gasteiger partial charge < -0.3 is 5.32 Å². The van der Waals surface area contributed by atoms with E-state index in [1.54, 1.807) is 0 Å². The van der Waals surface area contributed by atoms with E-state index in [2.05, 4.69) is 31.0 Å². The summed E-state index contributed by atoms with van der Waals surface area (Å²) in [6.45, 7) is 11.9. The molecular formula is C12H26N2. The quantitative estimate of drug-likeness (QED) is 0.658. The van der Waals surface area contributed by atoms with Crippen LogP contribution in [0.1, 0.15) is 40.0 Å². The maximum absolute atomic E-state index is 3.54. The highest BCUT2D eigenvalue weighted by Crippen LogP contribution is 2.17. The Hall–Kier alpha value is -0.0800. The van der Waals surface area contributed by atoms with Crippen LogP contribution in [-0.4, -0.2) is 37.1 Å². The fourth-order valence-corrected chi connectivity index (χ4v) is 2.11. The Bertz CT molecular complexity index is 147.